The predicted molar refractivity (Wildman–Crippen MR) is 584 cm³/mol. The SMILES string of the molecule is CC1(C)c2ccccc2-c2cc3c4ccccc4n(-c4nc(-c5ccc6c(c5)oc5cc7ccccc7cc56)c5ccccc5n4)c3cc21.c1ccc2cc3c(cc2c1)oc1cc(-c2nc(-n4c5ccccc5c5cc6c(cc54)oc4ccccc46)nc4ccccc24)ccc13.c1ccc2cc3c(cc2c1)oc1cc(-c2nc(-n4c5ccccc5c5ccc6c7ccccc7oc6c54)nc4ccccc24)ccc13. The number of para-hydroxylation sites is 8. The van der Waals surface area contributed by atoms with E-state index in [4.69, 9.17) is 52.0 Å². The summed E-state index contributed by atoms with van der Waals surface area (Å²) in [6.45, 7) is 4.66. The van der Waals surface area contributed by atoms with Gasteiger partial charge in [0.05, 0.1) is 61.2 Å². The highest BCUT2D eigenvalue weighted by Crippen LogP contribution is 2.53. The van der Waals surface area contributed by atoms with Crippen molar-refractivity contribution in [1.82, 2.24) is 43.6 Å². The van der Waals surface area contributed by atoms with Crippen molar-refractivity contribution in [3.05, 3.63) is 430 Å². The van der Waals surface area contributed by atoms with Crippen LogP contribution in [0.25, 0.3) is 303 Å². The second-order valence-corrected chi connectivity index (χ2v) is 38.2. The highest BCUT2D eigenvalue weighted by Gasteiger charge is 2.37. The third-order valence-corrected chi connectivity index (χ3v) is 29.9. The molecule has 0 aliphatic heterocycles. The summed E-state index contributed by atoms with van der Waals surface area (Å²) < 4.78 is 38.9. The van der Waals surface area contributed by atoms with E-state index in [0.29, 0.717) is 17.8 Å². The molecule has 0 spiro atoms. The van der Waals surface area contributed by atoms with Gasteiger partial charge in [-0.3, -0.25) is 13.7 Å². The van der Waals surface area contributed by atoms with Gasteiger partial charge in [0.1, 0.15) is 55.8 Å². The zero-order valence-corrected chi connectivity index (χ0v) is 76.9. The van der Waals surface area contributed by atoms with Gasteiger partial charge in [-0.05, 0) is 200 Å². The zero-order chi connectivity index (χ0) is 93.7. The summed E-state index contributed by atoms with van der Waals surface area (Å²) in [4.78, 5) is 31.6. The lowest BCUT2D eigenvalue weighted by Crippen LogP contribution is -2.15. The van der Waals surface area contributed by atoms with Crippen LogP contribution in [-0.2, 0) is 5.41 Å². The van der Waals surface area contributed by atoms with Gasteiger partial charge in [0.2, 0.25) is 17.8 Å². The van der Waals surface area contributed by atoms with Crippen LogP contribution in [0.2, 0.25) is 0 Å². The van der Waals surface area contributed by atoms with E-state index in [9.17, 15) is 0 Å². The Balaban J connectivity index is 0.0000000981. The van der Waals surface area contributed by atoms with Crippen LogP contribution in [0.4, 0.5) is 0 Å². The van der Waals surface area contributed by atoms with Crippen molar-refractivity contribution >= 4 is 240 Å². The van der Waals surface area contributed by atoms with Crippen LogP contribution >= 0.6 is 0 Å². The molecule has 0 saturated carbocycles. The van der Waals surface area contributed by atoms with Crippen LogP contribution < -0.4 is 0 Å². The van der Waals surface area contributed by atoms with Crippen LogP contribution in [0.1, 0.15) is 25.0 Å². The van der Waals surface area contributed by atoms with Gasteiger partial charge in [0.25, 0.3) is 0 Å². The van der Waals surface area contributed by atoms with Gasteiger partial charge in [-0.25, -0.2) is 29.9 Å². The van der Waals surface area contributed by atoms with Crippen LogP contribution in [0.3, 0.4) is 0 Å². The zero-order valence-electron chi connectivity index (χ0n) is 76.9. The van der Waals surface area contributed by atoms with Gasteiger partial charge in [0, 0.05) is 131 Å². The van der Waals surface area contributed by atoms with Gasteiger partial charge >= 0.3 is 0 Å². The first-order valence-corrected chi connectivity index (χ1v) is 48.3. The maximum Gasteiger partial charge on any atom is 0.235 e. The minimum absolute atomic E-state index is 0.120. The van der Waals surface area contributed by atoms with Crippen molar-refractivity contribution in [3.8, 4) is 62.7 Å². The van der Waals surface area contributed by atoms with E-state index in [1.807, 2.05) is 48.5 Å². The molecule has 14 heteroatoms. The Morgan fingerprint density at radius 3 is 0.993 bits per heavy atom. The molecule has 21 aromatic carbocycles. The second-order valence-electron chi connectivity index (χ2n) is 38.2. The van der Waals surface area contributed by atoms with Crippen LogP contribution in [0.15, 0.2) is 441 Å². The molecule has 0 unspecified atom stereocenters. The molecule has 1 aliphatic carbocycles. The third-order valence-electron chi connectivity index (χ3n) is 29.9. The smallest absolute Gasteiger partial charge is 0.235 e. The molecule has 1 aliphatic rings. The number of rotatable bonds is 6. The van der Waals surface area contributed by atoms with Crippen molar-refractivity contribution in [3.63, 3.8) is 0 Å². The summed E-state index contributed by atoms with van der Waals surface area (Å²) in [5, 5.41) is 28.0. The molecule has 0 fully saturated rings. The third kappa shape index (κ3) is 11.9. The Kier molecular flexibility index (Phi) is 16.5. The highest BCUT2D eigenvalue weighted by molar-refractivity contribution is 6.24. The van der Waals surface area contributed by atoms with E-state index in [-0.39, 0.29) is 5.41 Å². The first-order chi connectivity index (χ1) is 70.6. The van der Waals surface area contributed by atoms with Crippen molar-refractivity contribution < 1.29 is 22.1 Å². The van der Waals surface area contributed by atoms with E-state index in [1.165, 1.54) is 54.6 Å². The first-order valence-electron chi connectivity index (χ1n) is 48.3. The largest absolute Gasteiger partial charge is 0.456 e. The molecule has 666 valence electrons. The fourth-order valence-corrected chi connectivity index (χ4v) is 23.2. The lowest BCUT2D eigenvalue weighted by Gasteiger charge is -2.21. The average Bonchev–Trinajstić information content (AvgIpc) is 1.55. The molecule has 0 amide bonds. The molecule has 0 saturated heterocycles. The number of benzene rings is 21. The van der Waals surface area contributed by atoms with E-state index in [0.717, 1.165) is 242 Å². The molecule has 11 heterocycles. The van der Waals surface area contributed by atoms with Gasteiger partial charge < -0.3 is 22.1 Å². The summed E-state index contributed by atoms with van der Waals surface area (Å²) >= 11 is 0. The summed E-state index contributed by atoms with van der Waals surface area (Å²) in [5.74, 6) is 1.86. The Morgan fingerprint density at radius 1 is 0.189 bits per heavy atom. The van der Waals surface area contributed by atoms with E-state index >= 15 is 0 Å². The monoisotopic (exact) mass is 1830 g/mol. The van der Waals surface area contributed by atoms with Crippen molar-refractivity contribution in [2.24, 2.45) is 0 Å². The number of hydrogen-bond acceptors (Lipinski definition) is 11. The molecule has 0 atom stereocenters. The molecular weight excluding hydrogens is 1760 g/mol. The van der Waals surface area contributed by atoms with E-state index < -0.39 is 0 Å². The summed E-state index contributed by atoms with van der Waals surface area (Å²) in [7, 11) is 0. The minimum Gasteiger partial charge on any atom is -0.456 e. The lowest BCUT2D eigenvalue weighted by molar-refractivity contribution is 0.661. The fourth-order valence-electron chi connectivity index (χ4n) is 23.2. The molecule has 143 heavy (non-hydrogen) atoms. The molecule has 11 aromatic heterocycles. The average molecular weight is 1830 g/mol. The molecule has 33 rings (SSSR count). The van der Waals surface area contributed by atoms with Gasteiger partial charge in [-0.1, -0.05) is 281 Å². The van der Waals surface area contributed by atoms with Gasteiger partial charge in [0.15, 0.2) is 5.58 Å². The second kappa shape index (κ2) is 29.9. The fraction of sp³-hybridized carbons (Fsp3) is 0.0233. The standard InChI is InChI=1S/C45H29N3O.2C42H23N3O2/c1-45(2)36-16-8-5-13-29(36)33-24-34-30-14-7-10-18-39(30)48(40(34)25-37(33)45)44-46-38-17-9-6-15-32(38)43(47-44)28-19-20-31-35-21-26-11-3-4-12-27(26)22-42(35)49-41(31)23-28;1-2-10-25-20-39-32(19-24(25)9-1)29-18-17-26(21-38(29)47-39)41-30-13-3-6-14-34(30)43-42(44-41)45-35-15-7-4-11-27(35)31-22-33-28-12-5-8-16-37(28)46-40(33)23-36(31)45;1-2-10-25-22-38-33(21-24(25)9-1)29-18-17-26(23-37(29)46-38)39-32-13-3-6-14-34(32)43-42(44-39)45-35-15-7-4-11-27(35)30-19-20-31-28-12-5-8-16-36(28)47-41(31)40(30)45/h3-25H,1-2H3;2*1-23H. The molecule has 0 radical (unpaired) electrons. The molecule has 14 nitrogen and oxygen atoms in total. The number of hydrogen-bond donors (Lipinski definition) is 0. The van der Waals surface area contributed by atoms with Crippen molar-refractivity contribution in [2.75, 3.05) is 0 Å². The Bertz CT molecular complexity index is 11200. The maximum absolute atomic E-state index is 6.58. The normalized spacial score (nSPS) is 12.7. The summed E-state index contributed by atoms with van der Waals surface area (Å²) in [5.41, 5.74) is 28.2. The Hall–Kier alpha value is -19.2. The van der Waals surface area contributed by atoms with E-state index in [1.54, 1.807) is 0 Å². The molecule has 32 aromatic rings. The topological polar surface area (TPSA) is 158 Å². The number of nitrogens with zero attached hydrogens (tertiary/aromatic N) is 9. The van der Waals surface area contributed by atoms with Crippen molar-refractivity contribution in [1.29, 1.82) is 0 Å². The van der Waals surface area contributed by atoms with Crippen LogP contribution in [-0.4, -0.2) is 43.6 Å². The van der Waals surface area contributed by atoms with Crippen LogP contribution in [0, 0.1) is 0 Å². The number of aromatic nitrogens is 9. The Morgan fingerprint density at radius 2 is 0.510 bits per heavy atom. The predicted octanol–water partition coefficient (Wildman–Crippen LogP) is 34.4. The molecular formula is C129H75N9O5. The number of furan rings is 5. The lowest BCUT2D eigenvalue weighted by atomic mass is 9.82. The minimum atomic E-state index is -0.120. The van der Waals surface area contributed by atoms with Gasteiger partial charge in [-0.15, -0.1) is 0 Å². The first kappa shape index (κ1) is 78.9. The van der Waals surface area contributed by atoms with E-state index in [2.05, 4.69) is 398 Å². The molecule has 0 bridgehead atoms. The summed E-state index contributed by atoms with van der Waals surface area (Å²) in [6.07, 6.45) is 0. The summed E-state index contributed by atoms with van der Waals surface area (Å²) in [6, 6.07) is 147. The van der Waals surface area contributed by atoms with Crippen molar-refractivity contribution in [2.45, 2.75) is 19.3 Å². The number of fused-ring (bicyclic) bond motifs is 34. The van der Waals surface area contributed by atoms with Crippen LogP contribution in [0.5, 0.6) is 0 Å². The van der Waals surface area contributed by atoms with Gasteiger partial charge in [-0.2, -0.15) is 0 Å². The Labute approximate surface area is 812 Å². The highest BCUT2D eigenvalue weighted by atomic mass is 16.3. The quantitative estimate of drug-likeness (QED) is 0.156. The molecule has 0 N–H and O–H groups in total. The maximum atomic E-state index is 6.58.